The predicted octanol–water partition coefficient (Wildman–Crippen LogP) is 2.37. The fourth-order valence-corrected chi connectivity index (χ4v) is 1.83. The summed E-state index contributed by atoms with van der Waals surface area (Å²) in [5.74, 6) is 0.648. The zero-order chi connectivity index (χ0) is 17.9. The van der Waals surface area contributed by atoms with Crippen molar-refractivity contribution in [1.29, 1.82) is 0 Å². The number of benzene rings is 1. The SMILES string of the molecule is CCNC(=NCc1ccc(COC(C)C)cc1)NCC(=O)N(C)C.I. The van der Waals surface area contributed by atoms with E-state index in [0.717, 1.165) is 17.7 Å². The van der Waals surface area contributed by atoms with E-state index in [2.05, 4.69) is 39.9 Å². The van der Waals surface area contributed by atoms with Gasteiger partial charge < -0.3 is 20.3 Å². The summed E-state index contributed by atoms with van der Waals surface area (Å²) in [6, 6.07) is 8.22. The van der Waals surface area contributed by atoms with Gasteiger partial charge in [0.1, 0.15) is 0 Å². The summed E-state index contributed by atoms with van der Waals surface area (Å²) in [5.41, 5.74) is 2.26. The first-order valence-electron chi connectivity index (χ1n) is 8.34. The van der Waals surface area contributed by atoms with Gasteiger partial charge in [-0.3, -0.25) is 4.79 Å². The molecular weight excluding hydrogens is 431 g/mol. The number of guanidine groups is 1. The van der Waals surface area contributed by atoms with Crippen molar-refractivity contribution in [3.63, 3.8) is 0 Å². The van der Waals surface area contributed by atoms with Crippen LogP contribution in [0.5, 0.6) is 0 Å². The summed E-state index contributed by atoms with van der Waals surface area (Å²) < 4.78 is 5.59. The lowest BCUT2D eigenvalue weighted by Crippen LogP contribution is -2.42. The molecule has 0 bridgehead atoms. The van der Waals surface area contributed by atoms with Gasteiger partial charge in [0.2, 0.25) is 5.91 Å². The number of nitrogens with zero attached hydrogens (tertiary/aromatic N) is 2. The second-order valence-electron chi connectivity index (χ2n) is 6.01. The lowest BCUT2D eigenvalue weighted by Gasteiger charge is -2.14. The number of hydrogen-bond acceptors (Lipinski definition) is 3. The summed E-state index contributed by atoms with van der Waals surface area (Å²) in [4.78, 5) is 17.7. The number of rotatable bonds is 8. The van der Waals surface area contributed by atoms with Crippen molar-refractivity contribution in [2.75, 3.05) is 27.2 Å². The third kappa shape index (κ3) is 10.3. The quantitative estimate of drug-likeness (QED) is 0.354. The third-order valence-electron chi connectivity index (χ3n) is 3.28. The van der Waals surface area contributed by atoms with Crippen LogP contribution in [-0.2, 0) is 22.7 Å². The Morgan fingerprint density at radius 2 is 1.76 bits per heavy atom. The molecule has 0 aromatic heterocycles. The molecule has 1 aromatic carbocycles. The number of amides is 1. The fraction of sp³-hybridized carbons (Fsp3) is 0.556. The second kappa shape index (κ2) is 12.9. The normalized spacial score (nSPS) is 11.0. The summed E-state index contributed by atoms with van der Waals surface area (Å²) in [6.07, 6.45) is 0.230. The molecule has 2 N–H and O–H groups in total. The minimum absolute atomic E-state index is 0. The van der Waals surface area contributed by atoms with E-state index in [0.29, 0.717) is 19.1 Å². The minimum atomic E-state index is 0. The zero-order valence-electron chi connectivity index (χ0n) is 15.8. The van der Waals surface area contributed by atoms with Crippen LogP contribution in [0.1, 0.15) is 31.9 Å². The number of aliphatic imine (C=N–C) groups is 1. The molecule has 0 fully saturated rings. The first-order valence-corrected chi connectivity index (χ1v) is 8.34. The molecule has 1 aromatic rings. The van der Waals surface area contributed by atoms with Crippen LogP contribution in [-0.4, -0.2) is 50.1 Å². The number of likely N-dealkylation sites (N-methyl/N-ethyl adjacent to an activating group) is 1. The molecule has 0 saturated heterocycles. The van der Waals surface area contributed by atoms with Gasteiger partial charge in [-0.2, -0.15) is 0 Å². The number of ether oxygens (including phenoxy) is 1. The fourth-order valence-electron chi connectivity index (χ4n) is 1.83. The molecule has 0 heterocycles. The molecular formula is C18H31IN4O2. The number of hydrogen-bond donors (Lipinski definition) is 2. The average molecular weight is 462 g/mol. The standard InChI is InChI=1S/C18H30N4O2.HI/c1-6-19-18(21-12-17(23)22(4)5)20-11-15-7-9-16(10-8-15)13-24-14(2)3;/h7-10,14H,6,11-13H2,1-5H3,(H2,19,20,21);1H. The Morgan fingerprint density at radius 3 is 2.28 bits per heavy atom. The van der Waals surface area contributed by atoms with Crippen molar-refractivity contribution >= 4 is 35.8 Å². The van der Waals surface area contributed by atoms with Gasteiger partial charge in [0.05, 0.1) is 25.8 Å². The third-order valence-corrected chi connectivity index (χ3v) is 3.28. The topological polar surface area (TPSA) is 66.0 Å². The lowest BCUT2D eigenvalue weighted by molar-refractivity contribution is -0.127. The van der Waals surface area contributed by atoms with Gasteiger partial charge in [-0.15, -0.1) is 24.0 Å². The molecule has 142 valence electrons. The second-order valence-corrected chi connectivity index (χ2v) is 6.01. The largest absolute Gasteiger partial charge is 0.374 e. The van der Waals surface area contributed by atoms with Gasteiger partial charge in [0.15, 0.2) is 5.96 Å². The number of carbonyl (C=O) groups excluding carboxylic acids is 1. The van der Waals surface area contributed by atoms with E-state index in [1.165, 1.54) is 0 Å². The monoisotopic (exact) mass is 462 g/mol. The van der Waals surface area contributed by atoms with Crippen LogP contribution in [0.2, 0.25) is 0 Å². The predicted molar refractivity (Wildman–Crippen MR) is 113 cm³/mol. The van der Waals surface area contributed by atoms with E-state index < -0.39 is 0 Å². The molecule has 0 saturated carbocycles. The minimum Gasteiger partial charge on any atom is -0.374 e. The average Bonchev–Trinajstić information content (AvgIpc) is 2.56. The Balaban J connectivity index is 0.00000576. The molecule has 0 aliphatic heterocycles. The summed E-state index contributed by atoms with van der Waals surface area (Å²) in [7, 11) is 3.47. The highest BCUT2D eigenvalue weighted by Gasteiger charge is 2.05. The van der Waals surface area contributed by atoms with Gasteiger partial charge in [0, 0.05) is 20.6 Å². The van der Waals surface area contributed by atoms with Crippen molar-refractivity contribution in [2.45, 2.75) is 40.0 Å². The van der Waals surface area contributed by atoms with E-state index in [1.54, 1.807) is 19.0 Å². The molecule has 0 aliphatic carbocycles. The van der Waals surface area contributed by atoms with Gasteiger partial charge >= 0.3 is 0 Å². The molecule has 0 aliphatic rings. The van der Waals surface area contributed by atoms with Crippen molar-refractivity contribution in [3.8, 4) is 0 Å². The van der Waals surface area contributed by atoms with Crippen LogP contribution < -0.4 is 10.6 Å². The highest BCUT2D eigenvalue weighted by atomic mass is 127. The van der Waals surface area contributed by atoms with E-state index in [4.69, 9.17) is 4.74 Å². The van der Waals surface area contributed by atoms with Crippen molar-refractivity contribution in [1.82, 2.24) is 15.5 Å². The number of halogens is 1. The molecule has 0 spiro atoms. The van der Waals surface area contributed by atoms with E-state index in [9.17, 15) is 4.79 Å². The zero-order valence-corrected chi connectivity index (χ0v) is 18.2. The van der Waals surface area contributed by atoms with Gasteiger partial charge in [-0.05, 0) is 31.9 Å². The van der Waals surface area contributed by atoms with E-state index in [1.807, 2.05) is 20.8 Å². The first-order chi connectivity index (χ1) is 11.4. The Hall–Kier alpha value is -1.35. The molecule has 1 amide bonds. The summed E-state index contributed by atoms with van der Waals surface area (Å²) in [6.45, 7) is 8.19. The molecule has 0 atom stereocenters. The maximum Gasteiger partial charge on any atom is 0.241 e. The van der Waals surface area contributed by atoms with Gasteiger partial charge in [-0.25, -0.2) is 4.99 Å². The molecule has 6 nitrogen and oxygen atoms in total. The summed E-state index contributed by atoms with van der Waals surface area (Å²) >= 11 is 0. The van der Waals surface area contributed by atoms with Gasteiger partial charge in [0.25, 0.3) is 0 Å². The molecule has 7 heteroatoms. The highest BCUT2D eigenvalue weighted by molar-refractivity contribution is 14.0. The maximum atomic E-state index is 11.6. The Bertz CT molecular complexity index is 530. The Kier molecular flexibility index (Phi) is 12.2. The van der Waals surface area contributed by atoms with Crippen LogP contribution in [0.25, 0.3) is 0 Å². The van der Waals surface area contributed by atoms with Crippen LogP contribution >= 0.6 is 24.0 Å². The van der Waals surface area contributed by atoms with Crippen molar-refractivity contribution < 1.29 is 9.53 Å². The van der Waals surface area contributed by atoms with Crippen LogP contribution in [0.15, 0.2) is 29.3 Å². The Morgan fingerprint density at radius 1 is 1.16 bits per heavy atom. The lowest BCUT2D eigenvalue weighted by atomic mass is 10.1. The highest BCUT2D eigenvalue weighted by Crippen LogP contribution is 2.08. The van der Waals surface area contributed by atoms with Crippen LogP contribution in [0.4, 0.5) is 0 Å². The molecule has 0 unspecified atom stereocenters. The van der Waals surface area contributed by atoms with Crippen LogP contribution in [0, 0.1) is 0 Å². The maximum absolute atomic E-state index is 11.6. The van der Waals surface area contributed by atoms with Gasteiger partial charge in [-0.1, -0.05) is 24.3 Å². The number of carbonyl (C=O) groups is 1. The Labute approximate surface area is 168 Å². The number of nitrogens with one attached hydrogen (secondary N) is 2. The molecule has 1 rings (SSSR count). The summed E-state index contributed by atoms with van der Waals surface area (Å²) in [5, 5.41) is 6.18. The first kappa shape index (κ1) is 23.6. The molecule has 25 heavy (non-hydrogen) atoms. The van der Waals surface area contributed by atoms with Crippen molar-refractivity contribution in [2.24, 2.45) is 4.99 Å². The van der Waals surface area contributed by atoms with Crippen molar-refractivity contribution in [3.05, 3.63) is 35.4 Å². The smallest absolute Gasteiger partial charge is 0.241 e. The van der Waals surface area contributed by atoms with Crippen LogP contribution in [0.3, 0.4) is 0 Å². The van der Waals surface area contributed by atoms with E-state index in [-0.39, 0.29) is 42.5 Å². The van der Waals surface area contributed by atoms with E-state index >= 15 is 0 Å². The molecule has 0 radical (unpaired) electrons.